The minimum atomic E-state index is 0.174. The van der Waals surface area contributed by atoms with Gasteiger partial charge in [-0.1, -0.05) is 36.0 Å². The topological polar surface area (TPSA) is 33.1 Å². The van der Waals surface area contributed by atoms with Crippen LogP contribution in [0.15, 0.2) is 52.4 Å². The average molecular weight is 245 g/mol. The van der Waals surface area contributed by atoms with Crippen molar-refractivity contribution in [3.05, 3.63) is 53.7 Å². The lowest BCUT2D eigenvalue weighted by atomic mass is 10.1. The Morgan fingerprint density at radius 2 is 1.88 bits per heavy atom. The highest BCUT2D eigenvalue weighted by Gasteiger charge is 2.03. The van der Waals surface area contributed by atoms with Crippen molar-refractivity contribution in [3.8, 4) is 0 Å². The van der Waals surface area contributed by atoms with Crippen LogP contribution in [-0.4, -0.2) is 16.7 Å². The second kappa shape index (κ2) is 5.84. The van der Waals surface area contributed by atoms with Crippen molar-refractivity contribution in [2.24, 2.45) is 0 Å². The monoisotopic (exact) mass is 245 g/mol. The number of aliphatic hydroxyl groups is 1. The van der Waals surface area contributed by atoms with E-state index in [1.165, 1.54) is 4.90 Å². The summed E-state index contributed by atoms with van der Waals surface area (Å²) in [6, 6.07) is 14.3. The molecule has 2 aromatic rings. The molecule has 88 valence electrons. The van der Waals surface area contributed by atoms with E-state index in [1.54, 1.807) is 11.8 Å². The summed E-state index contributed by atoms with van der Waals surface area (Å²) in [4.78, 5) is 5.73. The molecule has 0 radical (unpaired) electrons. The van der Waals surface area contributed by atoms with Gasteiger partial charge in [0, 0.05) is 17.2 Å². The van der Waals surface area contributed by atoms with Gasteiger partial charge in [0.05, 0.1) is 0 Å². The van der Waals surface area contributed by atoms with E-state index in [0.717, 1.165) is 16.3 Å². The van der Waals surface area contributed by atoms with E-state index < -0.39 is 0 Å². The summed E-state index contributed by atoms with van der Waals surface area (Å²) < 4.78 is 0. The van der Waals surface area contributed by atoms with E-state index in [0.29, 0.717) is 6.42 Å². The molecule has 2 rings (SSSR count). The number of rotatable bonds is 4. The Bertz CT molecular complexity index is 485. The highest BCUT2D eigenvalue weighted by Crippen LogP contribution is 2.26. The zero-order valence-corrected chi connectivity index (χ0v) is 10.6. The molecule has 1 N–H and O–H groups in total. The van der Waals surface area contributed by atoms with Crippen molar-refractivity contribution in [2.75, 3.05) is 6.61 Å². The Balaban J connectivity index is 2.15. The smallest absolute Gasteiger partial charge is 0.101 e. The zero-order valence-electron chi connectivity index (χ0n) is 9.76. The third-order valence-corrected chi connectivity index (χ3v) is 3.46. The molecule has 2 nitrogen and oxygen atoms in total. The van der Waals surface area contributed by atoms with Crippen LogP contribution < -0.4 is 0 Å². The van der Waals surface area contributed by atoms with Gasteiger partial charge in [0.15, 0.2) is 0 Å². The molecule has 0 saturated heterocycles. The van der Waals surface area contributed by atoms with E-state index in [9.17, 15) is 0 Å². The first-order valence-corrected chi connectivity index (χ1v) is 6.41. The average Bonchev–Trinajstić information content (AvgIpc) is 2.34. The van der Waals surface area contributed by atoms with Gasteiger partial charge in [0.1, 0.15) is 5.03 Å². The Morgan fingerprint density at radius 3 is 2.53 bits per heavy atom. The highest BCUT2D eigenvalue weighted by atomic mass is 32.2. The van der Waals surface area contributed by atoms with Crippen LogP contribution in [0.4, 0.5) is 0 Å². The molecule has 0 amide bonds. The molecular formula is C14H15NOS. The molecule has 0 aliphatic heterocycles. The van der Waals surface area contributed by atoms with Crippen LogP contribution in [0.1, 0.15) is 11.3 Å². The van der Waals surface area contributed by atoms with Crippen LogP contribution in [0.2, 0.25) is 0 Å². The molecular weight excluding hydrogens is 230 g/mol. The maximum absolute atomic E-state index is 8.92. The number of aliphatic hydroxyl groups excluding tert-OH is 1. The Hall–Kier alpha value is -1.32. The van der Waals surface area contributed by atoms with Gasteiger partial charge in [-0.3, -0.25) is 0 Å². The van der Waals surface area contributed by atoms with Gasteiger partial charge in [0.25, 0.3) is 0 Å². The zero-order chi connectivity index (χ0) is 12.1. The number of hydrogen-bond donors (Lipinski definition) is 1. The summed E-state index contributed by atoms with van der Waals surface area (Å²) in [6.45, 7) is 2.16. The summed E-state index contributed by atoms with van der Waals surface area (Å²) in [7, 11) is 0. The maximum atomic E-state index is 8.92. The van der Waals surface area contributed by atoms with Crippen LogP contribution in [0, 0.1) is 6.92 Å². The van der Waals surface area contributed by atoms with Crippen LogP contribution >= 0.6 is 11.8 Å². The van der Waals surface area contributed by atoms with Gasteiger partial charge in [-0.25, -0.2) is 4.98 Å². The van der Waals surface area contributed by atoms with Crippen molar-refractivity contribution in [1.29, 1.82) is 0 Å². The first-order valence-electron chi connectivity index (χ1n) is 5.60. The number of pyridine rings is 1. The van der Waals surface area contributed by atoms with E-state index >= 15 is 0 Å². The molecule has 1 heterocycles. The number of aromatic nitrogens is 1. The quantitative estimate of drug-likeness (QED) is 0.898. The molecule has 0 aliphatic rings. The van der Waals surface area contributed by atoms with Gasteiger partial charge in [-0.05, 0) is 37.1 Å². The van der Waals surface area contributed by atoms with Gasteiger partial charge in [-0.15, -0.1) is 0 Å². The molecule has 0 aliphatic carbocycles. The second-order valence-electron chi connectivity index (χ2n) is 3.78. The van der Waals surface area contributed by atoms with Crippen molar-refractivity contribution in [2.45, 2.75) is 23.3 Å². The van der Waals surface area contributed by atoms with E-state index in [4.69, 9.17) is 5.11 Å². The van der Waals surface area contributed by atoms with Crippen molar-refractivity contribution < 1.29 is 5.11 Å². The summed E-state index contributed by atoms with van der Waals surface area (Å²) in [5, 5.41) is 9.91. The van der Waals surface area contributed by atoms with E-state index in [2.05, 4.69) is 17.1 Å². The molecule has 3 heteroatoms. The lowest BCUT2D eigenvalue weighted by Crippen LogP contribution is -1.97. The molecule has 17 heavy (non-hydrogen) atoms. The normalized spacial score (nSPS) is 10.5. The first-order chi connectivity index (χ1) is 8.29. The molecule has 0 unspecified atom stereocenters. The Kier molecular flexibility index (Phi) is 4.18. The van der Waals surface area contributed by atoms with Gasteiger partial charge in [0.2, 0.25) is 0 Å². The molecule has 0 bridgehead atoms. The SMILES string of the molecule is Cc1nc(Sc2ccccc2)ccc1CCO. The maximum Gasteiger partial charge on any atom is 0.101 e. The first kappa shape index (κ1) is 12.1. The third kappa shape index (κ3) is 3.32. The fourth-order valence-corrected chi connectivity index (χ4v) is 2.47. The van der Waals surface area contributed by atoms with Gasteiger partial charge >= 0.3 is 0 Å². The number of nitrogens with zero attached hydrogens (tertiary/aromatic N) is 1. The number of benzene rings is 1. The number of hydrogen-bond acceptors (Lipinski definition) is 3. The van der Waals surface area contributed by atoms with Gasteiger partial charge in [-0.2, -0.15) is 0 Å². The lowest BCUT2D eigenvalue weighted by Gasteiger charge is -2.06. The summed E-state index contributed by atoms with van der Waals surface area (Å²) in [6.07, 6.45) is 0.676. The van der Waals surface area contributed by atoms with E-state index in [-0.39, 0.29) is 6.61 Å². The van der Waals surface area contributed by atoms with Crippen LogP contribution in [-0.2, 0) is 6.42 Å². The standard InChI is InChI=1S/C14H15NOS/c1-11-12(9-10-16)7-8-14(15-11)17-13-5-3-2-4-6-13/h2-8,16H,9-10H2,1H3. The molecule has 0 spiro atoms. The van der Waals surface area contributed by atoms with Crippen molar-refractivity contribution in [3.63, 3.8) is 0 Å². The predicted molar refractivity (Wildman–Crippen MR) is 70.3 cm³/mol. The predicted octanol–water partition coefficient (Wildman–Crippen LogP) is 3.08. The summed E-state index contributed by atoms with van der Waals surface area (Å²) >= 11 is 1.65. The fourth-order valence-electron chi connectivity index (χ4n) is 1.62. The minimum Gasteiger partial charge on any atom is -0.396 e. The molecule has 1 aromatic heterocycles. The largest absolute Gasteiger partial charge is 0.396 e. The van der Waals surface area contributed by atoms with Crippen molar-refractivity contribution in [1.82, 2.24) is 4.98 Å². The second-order valence-corrected chi connectivity index (χ2v) is 4.88. The molecule has 1 aromatic carbocycles. The summed E-state index contributed by atoms with van der Waals surface area (Å²) in [5.41, 5.74) is 2.12. The highest BCUT2D eigenvalue weighted by molar-refractivity contribution is 7.99. The Morgan fingerprint density at radius 1 is 1.12 bits per heavy atom. The minimum absolute atomic E-state index is 0.174. The van der Waals surface area contributed by atoms with Crippen molar-refractivity contribution >= 4 is 11.8 Å². The van der Waals surface area contributed by atoms with Crippen LogP contribution in [0.3, 0.4) is 0 Å². The molecule has 0 fully saturated rings. The molecule has 0 saturated carbocycles. The Labute approximate surface area is 106 Å². The third-order valence-electron chi connectivity index (χ3n) is 2.52. The van der Waals surface area contributed by atoms with Gasteiger partial charge < -0.3 is 5.11 Å². The summed E-state index contributed by atoms with van der Waals surface area (Å²) in [5.74, 6) is 0. The molecule has 0 atom stereocenters. The van der Waals surface area contributed by atoms with Crippen LogP contribution in [0.25, 0.3) is 0 Å². The number of aryl methyl sites for hydroxylation is 1. The lowest BCUT2D eigenvalue weighted by molar-refractivity contribution is 0.299. The van der Waals surface area contributed by atoms with Crippen LogP contribution in [0.5, 0.6) is 0 Å². The fraction of sp³-hybridized carbons (Fsp3) is 0.214. The van der Waals surface area contributed by atoms with E-state index in [1.807, 2.05) is 37.3 Å².